The summed E-state index contributed by atoms with van der Waals surface area (Å²) >= 11 is 0. The molecule has 0 saturated heterocycles. The van der Waals surface area contributed by atoms with Crippen LogP contribution in [-0.4, -0.2) is 9.42 Å². The smallest absolute Gasteiger partial charge is 0.112 e. The molecule has 0 aromatic heterocycles. The Morgan fingerprint density at radius 2 is 1.67 bits per heavy atom. The summed E-state index contributed by atoms with van der Waals surface area (Å²) < 4.78 is -0.360. The molecular formula is C9H9NOS. The number of hydroxylamine groups is 2. The topological polar surface area (TPSA) is 23.1 Å². The van der Waals surface area contributed by atoms with E-state index in [2.05, 4.69) is 0 Å². The maximum Gasteiger partial charge on any atom is 0.112 e. The third kappa shape index (κ3) is 1.22. The fraction of sp³-hybridized carbons (Fsp3) is 0. The van der Waals surface area contributed by atoms with Crippen LogP contribution in [0.4, 0.5) is 0 Å². The standard InChI is InChI=1S/C9H9NOS/c11-10(6-2-3-7-10)12-8-4-1-5-9-12/h1-9H. The minimum absolute atomic E-state index is 0.360. The van der Waals surface area contributed by atoms with Crippen molar-refractivity contribution in [2.75, 3.05) is 0 Å². The van der Waals surface area contributed by atoms with Gasteiger partial charge in [-0.1, -0.05) is 18.2 Å². The Hall–Kier alpha value is -0.900. The second-order valence-electron chi connectivity index (χ2n) is 2.52. The van der Waals surface area contributed by atoms with Gasteiger partial charge in [-0.05, 0) is 12.2 Å². The minimum Gasteiger partial charge on any atom is -0.610 e. The molecule has 2 nitrogen and oxygen atoms in total. The molecule has 62 valence electrons. The summed E-state index contributed by atoms with van der Waals surface area (Å²) in [7, 11) is -0.370. The molecule has 0 aliphatic carbocycles. The van der Waals surface area contributed by atoms with Crippen molar-refractivity contribution in [2.45, 2.75) is 0 Å². The highest BCUT2D eigenvalue weighted by atomic mass is 32.2. The van der Waals surface area contributed by atoms with Crippen molar-refractivity contribution in [1.29, 1.82) is 0 Å². The number of hydrogen-bond acceptors (Lipinski definition) is 1. The SMILES string of the molecule is [O-][N+]1(S2=CC=CC=C2)C=CC=C1. The lowest BCUT2D eigenvalue weighted by atomic mass is 10.5. The molecule has 0 N–H and O–H groups in total. The maximum absolute atomic E-state index is 11.9. The average molecular weight is 179 g/mol. The molecule has 2 aliphatic rings. The van der Waals surface area contributed by atoms with Crippen LogP contribution < -0.4 is 0 Å². The number of rotatable bonds is 1. The van der Waals surface area contributed by atoms with Gasteiger partial charge >= 0.3 is 0 Å². The summed E-state index contributed by atoms with van der Waals surface area (Å²) in [6.45, 7) is 0. The minimum atomic E-state index is -0.370. The molecule has 0 fully saturated rings. The van der Waals surface area contributed by atoms with E-state index in [4.69, 9.17) is 0 Å². The first kappa shape index (κ1) is 7.73. The largest absolute Gasteiger partial charge is 0.610 e. The van der Waals surface area contributed by atoms with Crippen LogP contribution >= 0.6 is 10.7 Å². The van der Waals surface area contributed by atoms with Crippen molar-refractivity contribution in [3.63, 3.8) is 0 Å². The highest BCUT2D eigenvalue weighted by Crippen LogP contribution is 2.35. The van der Waals surface area contributed by atoms with E-state index in [1.165, 1.54) is 0 Å². The Morgan fingerprint density at radius 3 is 2.25 bits per heavy atom. The van der Waals surface area contributed by atoms with Gasteiger partial charge in [0, 0.05) is 21.4 Å². The van der Waals surface area contributed by atoms with Crippen molar-refractivity contribution in [1.82, 2.24) is 0 Å². The van der Waals surface area contributed by atoms with Gasteiger partial charge in [0.15, 0.2) is 0 Å². The van der Waals surface area contributed by atoms with E-state index in [0.717, 1.165) is 0 Å². The molecule has 1 atom stereocenters. The molecule has 12 heavy (non-hydrogen) atoms. The van der Waals surface area contributed by atoms with Crippen LogP contribution in [-0.2, 0) is 0 Å². The Balaban J connectivity index is 2.36. The third-order valence-electron chi connectivity index (χ3n) is 1.69. The first-order chi connectivity index (χ1) is 5.81. The zero-order chi connectivity index (χ0) is 8.44. The normalized spacial score (nSPS) is 29.2. The molecule has 0 saturated carbocycles. The average Bonchev–Trinajstić information content (AvgIpc) is 2.55. The molecular weight excluding hydrogens is 170 g/mol. The highest BCUT2D eigenvalue weighted by molar-refractivity contribution is 8.13. The summed E-state index contributed by atoms with van der Waals surface area (Å²) in [4.78, 5) is 0. The molecule has 0 amide bonds. The van der Waals surface area contributed by atoms with Gasteiger partial charge in [-0.25, -0.2) is 0 Å². The van der Waals surface area contributed by atoms with Crippen LogP contribution in [0.3, 0.4) is 0 Å². The molecule has 1 unspecified atom stereocenters. The van der Waals surface area contributed by atoms with Gasteiger partial charge in [0.2, 0.25) is 0 Å². The molecule has 2 heterocycles. The Bertz CT molecular complexity index is 324. The van der Waals surface area contributed by atoms with Gasteiger partial charge in [0.05, 0.1) is 0 Å². The summed E-state index contributed by atoms with van der Waals surface area (Å²) in [5.74, 6) is 0. The van der Waals surface area contributed by atoms with Crippen molar-refractivity contribution in [3.8, 4) is 0 Å². The van der Waals surface area contributed by atoms with E-state index in [-0.39, 0.29) is 14.7 Å². The van der Waals surface area contributed by atoms with E-state index in [1.807, 2.05) is 29.0 Å². The van der Waals surface area contributed by atoms with Crippen LogP contribution in [0, 0.1) is 5.21 Å². The maximum atomic E-state index is 11.9. The van der Waals surface area contributed by atoms with E-state index < -0.39 is 0 Å². The summed E-state index contributed by atoms with van der Waals surface area (Å²) in [5, 5.41) is 15.8. The molecule has 0 bridgehead atoms. The second-order valence-corrected chi connectivity index (χ2v) is 4.33. The molecule has 2 aliphatic heterocycles. The van der Waals surface area contributed by atoms with Crippen LogP contribution in [0.25, 0.3) is 0 Å². The van der Waals surface area contributed by atoms with E-state index in [1.54, 1.807) is 24.6 Å². The zero-order valence-corrected chi connectivity index (χ0v) is 7.28. The van der Waals surface area contributed by atoms with E-state index in [0.29, 0.717) is 0 Å². The monoisotopic (exact) mass is 179 g/mol. The number of hydrogen-bond donors (Lipinski definition) is 0. The molecule has 0 spiro atoms. The Labute approximate surface area is 74.0 Å². The Kier molecular flexibility index (Phi) is 1.84. The highest BCUT2D eigenvalue weighted by Gasteiger charge is 2.16. The van der Waals surface area contributed by atoms with Gasteiger partial charge in [0.1, 0.15) is 12.4 Å². The summed E-state index contributed by atoms with van der Waals surface area (Å²) in [6, 6.07) is 0. The summed E-state index contributed by atoms with van der Waals surface area (Å²) in [6.07, 6.45) is 12.7. The van der Waals surface area contributed by atoms with Crippen LogP contribution in [0.2, 0.25) is 0 Å². The van der Waals surface area contributed by atoms with E-state index in [9.17, 15) is 5.21 Å². The number of allylic oxidation sites excluding steroid dienone is 5. The lowest BCUT2D eigenvalue weighted by Gasteiger charge is -2.33. The zero-order valence-electron chi connectivity index (χ0n) is 6.46. The fourth-order valence-electron chi connectivity index (χ4n) is 1.08. The first-order valence-electron chi connectivity index (χ1n) is 3.69. The fourth-order valence-corrected chi connectivity index (χ4v) is 2.48. The molecule has 0 aromatic carbocycles. The quantitative estimate of drug-likeness (QED) is 0.344. The first-order valence-corrected chi connectivity index (χ1v) is 4.99. The molecule has 2 rings (SSSR count). The predicted octanol–water partition coefficient (Wildman–Crippen LogP) is 2.41. The summed E-state index contributed by atoms with van der Waals surface area (Å²) in [5.41, 5.74) is 0. The van der Waals surface area contributed by atoms with Crippen molar-refractivity contribution in [3.05, 3.63) is 53.4 Å². The van der Waals surface area contributed by atoms with Gasteiger partial charge in [-0.3, -0.25) is 4.05 Å². The van der Waals surface area contributed by atoms with E-state index >= 15 is 0 Å². The van der Waals surface area contributed by atoms with Gasteiger partial charge < -0.3 is 5.21 Å². The number of nitrogens with zero attached hydrogens (tertiary/aromatic N) is 1. The van der Waals surface area contributed by atoms with Crippen LogP contribution in [0.5, 0.6) is 0 Å². The van der Waals surface area contributed by atoms with Gasteiger partial charge in [0.25, 0.3) is 0 Å². The van der Waals surface area contributed by atoms with Crippen LogP contribution in [0.1, 0.15) is 0 Å². The van der Waals surface area contributed by atoms with Gasteiger partial charge in [-0.15, -0.1) is 0 Å². The lowest BCUT2D eigenvalue weighted by Crippen LogP contribution is -2.20. The lowest BCUT2D eigenvalue weighted by molar-refractivity contribution is -0.614. The molecule has 0 aromatic rings. The van der Waals surface area contributed by atoms with Gasteiger partial charge in [-0.2, -0.15) is 0 Å². The number of quaternary nitrogens is 1. The van der Waals surface area contributed by atoms with Crippen molar-refractivity contribution >= 4 is 16.0 Å². The molecule has 3 heteroatoms. The van der Waals surface area contributed by atoms with Crippen molar-refractivity contribution < 1.29 is 4.05 Å². The van der Waals surface area contributed by atoms with Crippen molar-refractivity contribution in [2.24, 2.45) is 0 Å². The molecule has 0 radical (unpaired) electrons. The van der Waals surface area contributed by atoms with Crippen LogP contribution in [0.15, 0.2) is 48.2 Å². The second kappa shape index (κ2) is 2.86. The third-order valence-corrected chi connectivity index (χ3v) is 3.46. The predicted molar refractivity (Wildman–Crippen MR) is 53.8 cm³/mol. The Morgan fingerprint density at radius 1 is 0.917 bits per heavy atom.